The van der Waals surface area contributed by atoms with Gasteiger partial charge in [0.15, 0.2) is 0 Å². The molecule has 0 radical (unpaired) electrons. The second-order valence-electron chi connectivity index (χ2n) is 7.95. The Morgan fingerprint density at radius 1 is 1.29 bits per heavy atom. The molecule has 3 heterocycles. The molecule has 0 saturated heterocycles. The number of pyridine rings is 1. The van der Waals surface area contributed by atoms with Gasteiger partial charge in [-0.15, -0.1) is 0 Å². The van der Waals surface area contributed by atoms with Gasteiger partial charge in [0.2, 0.25) is 10.0 Å². The standard InChI is InChI=1S/C22H27N5O3S/c1-3-4-5-15-31(29,30)25-19(28)11-10-18-20(16-8-9-16)24-26(2)22(18)27-14-12-17-7-6-13-23-21(17)27/h6-7,10-14,16H,3-5,8-9,15H2,1-2H3,(H,25,28). The number of hydrogen-bond donors (Lipinski definition) is 1. The summed E-state index contributed by atoms with van der Waals surface area (Å²) in [5, 5.41) is 5.71. The molecule has 0 spiro atoms. The molecule has 1 N–H and O–H groups in total. The van der Waals surface area contributed by atoms with Crippen LogP contribution in [0.2, 0.25) is 0 Å². The summed E-state index contributed by atoms with van der Waals surface area (Å²) in [4.78, 5) is 16.8. The fourth-order valence-electron chi connectivity index (χ4n) is 3.73. The third-order valence-electron chi connectivity index (χ3n) is 5.40. The lowest BCUT2D eigenvalue weighted by Crippen LogP contribution is -2.31. The lowest BCUT2D eigenvalue weighted by atomic mass is 10.1. The maximum atomic E-state index is 12.4. The quantitative estimate of drug-likeness (QED) is 0.406. The fourth-order valence-corrected chi connectivity index (χ4v) is 4.79. The fraction of sp³-hybridized carbons (Fsp3) is 0.409. The zero-order valence-electron chi connectivity index (χ0n) is 17.8. The normalized spacial score (nSPS) is 14.5. The predicted octanol–water partition coefficient (Wildman–Crippen LogP) is 3.29. The van der Waals surface area contributed by atoms with Crippen molar-refractivity contribution in [2.45, 2.75) is 44.9 Å². The average molecular weight is 442 g/mol. The largest absolute Gasteiger partial charge is 0.285 e. The Labute approximate surface area is 182 Å². The van der Waals surface area contributed by atoms with Gasteiger partial charge in [-0.25, -0.2) is 18.1 Å². The lowest BCUT2D eigenvalue weighted by molar-refractivity contribution is -0.114. The van der Waals surface area contributed by atoms with Crippen LogP contribution in [0.4, 0.5) is 0 Å². The van der Waals surface area contributed by atoms with E-state index in [0.717, 1.165) is 53.8 Å². The Morgan fingerprint density at radius 3 is 2.84 bits per heavy atom. The van der Waals surface area contributed by atoms with Crippen molar-refractivity contribution in [1.82, 2.24) is 24.1 Å². The minimum Gasteiger partial charge on any atom is -0.285 e. The Morgan fingerprint density at radius 2 is 2.10 bits per heavy atom. The number of rotatable bonds is 9. The molecule has 8 nitrogen and oxygen atoms in total. The number of carbonyl (C=O) groups is 1. The van der Waals surface area contributed by atoms with Gasteiger partial charge in [0.05, 0.1) is 11.4 Å². The summed E-state index contributed by atoms with van der Waals surface area (Å²) in [5.41, 5.74) is 2.53. The second-order valence-corrected chi connectivity index (χ2v) is 9.79. The topological polar surface area (TPSA) is 98.9 Å². The zero-order valence-corrected chi connectivity index (χ0v) is 18.6. The van der Waals surface area contributed by atoms with E-state index in [1.807, 2.05) is 42.9 Å². The van der Waals surface area contributed by atoms with Crippen molar-refractivity contribution in [2.24, 2.45) is 7.05 Å². The minimum atomic E-state index is -3.64. The van der Waals surface area contributed by atoms with Crippen molar-refractivity contribution in [3.63, 3.8) is 0 Å². The number of aryl methyl sites for hydroxylation is 1. The van der Waals surface area contributed by atoms with Crippen molar-refractivity contribution >= 4 is 33.0 Å². The molecule has 1 aliphatic carbocycles. The number of nitrogens with one attached hydrogen (secondary N) is 1. The zero-order chi connectivity index (χ0) is 22.0. The summed E-state index contributed by atoms with van der Waals surface area (Å²) in [6.45, 7) is 2.00. The average Bonchev–Trinajstić information content (AvgIpc) is 3.40. The van der Waals surface area contributed by atoms with Crippen LogP contribution in [-0.4, -0.2) is 39.4 Å². The summed E-state index contributed by atoms with van der Waals surface area (Å²) >= 11 is 0. The van der Waals surface area contributed by atoms with Crippen LogP contribution in [0.1, 0.15) is 56.2 Å². The van der Waals surface area contributed by atoms with Gasteiger partial charge < -0.3 is 0 Å². The van der Waals surface area contributed by atoms with Gasteiger partial charge in [-0.05, 0) is 43.5 Å². The van der Waals surface area contributed by atoms with E-state index in [1.54, 1.807) is 17.0 Å². The summed E-state index contributed by atoms with van der Waals surface area (Å²) in [5.74, 6) is 0.455. The van der Waals surface area contributed by atoms with Gasteiger partial charge in [-0.3, -0.25) is 14.0 Å². The van der Waals surface area contributed by atoms with Gasteiger partial charge in [0.25, 0.3) is 5.91 Å². The molecular formula is C22H27N5O3S. The molecule has 1 fully saturated rings. The highest BCUT2D eigenvalue weighted by molar-refractivity contribution is 7.90. The number of aromatic nitrogens is 4. The van der Waals surface area contributed by atoms with Crippen LogP contribution in [0.15, 0.2) is 36.7 Å². The first-order valence-electron chi connectivity index (χ1n) is 10.6. The summed E-state index contributed by atoms with van der Waals surface area (Å²) in [6.07, 6.45) is 11.0. The molecule has 9 heteroatoms. The summed E-state index contributed by atoms with van der Waals surface area (Å²) < 4.78 is 30.1. The van der Waals surface area contributed by atoms with Crippen LogP contribution < -0.4 is 4.72 Å². The molecule has 164 valence electrons. The highest BCUT2D eigenvalue weighted by Gasteiger charge is 2.31. The number of unbranched alkanes of at least 4 members (excludes halogenated alkanes) is 2. The van der Waals surface area contributed by atoms with E-state index in [0.29, 0.717) is 12.3 Å². The molecule has 0 aliphatic heterocycles. The van der Waals surface area contributed by atoms with E-state index in [1.165, 1.54) is 6.08 Å². The second kappa shape index (κ2) is 8.66. The number of carbonyl (C=O) groups excluding carboxylic acids is 1. The van der Waals surface area contributed by atoms with E-state index in [4.69, 9.17) is 5.10 Å². The van der Waals surface area contributed by atoms with E-state index in [-0.39, 0.29) is 5.75 Å². The smallest absolute Gasteiger partial charge is 0.257 e. The first-order chi connectivity index (χ1) is 14.9. The summed E-state index contributed by atoms with van der Waals surface area (Å²) in [6, 6.07) is 5.86. The summed E-state index contributed by atoms with van der Waals surface area (Å²) in [7, 11) is -1.77. The Kier molecular flexibility index (Phi) is 5.95. The first-order valence-corrected chi connectivity index (χ1v) is 12.3. The highest BCUT2D eigenvalue weighted by atomic mass is 32.2. The van der Waals surface area contributed by atoms with Crippen molar-refractivity contribution in [2.75, 3.05) is 5.75 Å². The van der Waals surface area contributed by atoms with Crippen molar-refractivity contribution < 1.29 is 13.2 Å². The molecule has 4 rings (SSSR count). The van der Waals surface area contributed by atoms with E-state index in [2.05, 4.69) is 9.71 Å². The van der Waals surface area contributed by atoms with Crippen molar-refractivity contribution in [3.8, 4) is 5.82 Å². The van der Waals surface area contributed by atoms with Gasteiger partial charge in [0.1, 0.15) is 11.5 Å². The molecule has 3 aromatic rings. The highest BCUT2D eigenvalue weighted by Crippen LogP contribution is 2.42. The van der Waals surface area contributed by atoms with E-state index >= 15 is 0 Å². The molecule has 1 saturated carbocycles. The molecular weight excluding hydrogens is 414 g/mol. The number of sulfonamides is 1. The van der Waals surface area contributed by atoms with Gasteiger partial charge in [-0.1, -0.05) is 19.8 Å². The number of fused-ring (bicyclic) bond motifs is 1. The van der Waals surface area contributed by atoms with Crippen LogP contribution in [0, 0.1) is 0 Å². The Hall–Kier alpha value is -2.94. The number of amides is 1. The van der Waals surface area contributed by atoms with Crippen molar-refractivity contribution in [3.05, 3.63) is 47.9 Å². The van der Waals surface area contributed by atoms with E-state index in [9.17, 15) is 13.2 Å². The maximum absolute atomic E-state index is 12.4. The number of hydrogen-bond acceptors (Lipinski definition) is 5. The van der Waals surface area contributed by atoms with Crippen LogP contribution in [0.25, 0.3) is 22.9 Å². The van der Waals surface area contributed by atoms with Crippen LogP contribution in [-0.2, 0) is 21.9 Å². The third-order valence-corrected chi connectivity index (χ3v) is 6.73. The van der Waals surface area contributed by atoms with E-state index < -0.39 is 15.9 Å². The molecule has 0 atom stereocenters. The Bertz CT molecular complexity index is 1240. The van der Waals surface area contributed by atoms with Crippen LogP contribution in [0.5, 0.6) is 0 Å². The molecule has 3 aromatic heterocycles. The lowest BCUT2D eigenvalue weighted by Gasteiger charge is -2.07. The monoisotopic (exact) mass is 441 g/mol. The molecule has 1 aliphatic rings. The Balaban J connectivity index is 1.64. The predicted molar refractivity (Wildman–Crippen MR) is 120 cm³/mol. The first kappa shape index (κ1) is 21.3. The van der Waals surface area contributed by atoms with Gasteiger partial charge in [0, 0.05) is 42.4 Å². The molecule has 31 heavy (non-hydrogen) atoms. The van der Waals surface area contributed by atoms with Gasteiger partial charge >= 0.3 is 0 Å². The van der Waals surface area contributed by atoms with Crippen LogP contribution >= 0.6 is 0 Å². The molecule has 0 unspecified atom stereocenters. The van der Waals surface area contributed by atoms with Gasteiger partial charge in [-0.2, -0.15) is 5.10 Å². The number of nitrogens with zero attached hydrogens (tertiary/aromatic N) is 4. The van der Waals surface area contributed by atoms with Crippen molar-refractivity contribution in [1.29, 1.82) is 0 Å². The molecule has 1 amide bonds. The molecule has 0 aromatic carbocycles. The molecule has 0 bridgehead atoms. The van der Waals surface area contributed by atoms with Crippen LogP contribution in [0.3, 0.4) is 0 Å². The SMILES string of the molecule is CCCCCS(=O)(=O)NC(=O)C=Cc1c(C2CC2)nn(C)c1-n1ccc2cccnc21. The minimum absolute atomic E-state index is 0.0487. The maximum Gasteiger partial charge on any atom is 0.257 e. The third kappa shape index (κ3) is 4.71.